The molecule has 4 aromatic rings. The molecule has 2 aromatic heterocycles. The Labute approximate surface area is 161 Å². The van der Waals surface area contributed by atoms with Gasteiger partial charge in [0.15, 0.2) is 0 Å². The highest BCUT2D eigenvalue weighted by molar-refractivity contribution is 7.36. The number of anilines is 2. The van der Waals surface area contributed by atoms with Gasteiger partial charge in [-0.15, -0.1) is 22.7 Å². The van der Waals surface area contributed by atoms with Crippen LogP contribution in [0.4, 0.5) is 11.4 Å². The SMILES string of the molecule is c1cc2c(cc1N1CCCC1)sc1c3ccc(N4CCCC4)cc3sc21. The van der Waals surface area contributed by atoms with Crippen molar-refractivity contribution in [3.05, 3.63) is 36.4 Å². The van der Waals surface area contributed by atoms with E-state index in [-0.39, 0.29) is 0 Å². The summed E-state index contributed by atoms with van der Waals surface area (Å²) in [6.45, 7) is 4.86. The molecule has 6 rings (SSSR count). The minimum atomic E-state index is 1.22. The highest BCUT2D eigenvalue weighted by atomic mass is 32.1. The van der Waals surface area contributed by atoms with Crippen molar-refractivity contribution < 1.29 is 0 Å². The molecule has 2 fully saturated rings. The number of benzene rings is 2. The van der Waals surface area contributed by atoms with E-state index in [1.807, 2.05) is 22.7 Å². The van der Waals surface area contributed by atoms with Crippen LogP contribution in [0.15, 0.2) is 36.4 Å². The predicted molar refractivity (Wildman–Crippen MR) is 118 cm³/mol. The molecule has 4 heteroatoms. The number of thiophene rings is 2. The van der Waals surface area contributed by atoms with E-state index in [9.17, 15) is 0 Å². The predicted octanol–water partition coefficient (Wildman–Crippen LogP) is 6.47. The van der Waals surface area contributed by atoms with Crippen molar-refractivity contribution >= 4 is 63.6 Å². The van der Waals surface area contributed by atoms with E-state index in [1.165, 1.54) is 92.8 Å². The maximum atomic E-state index is 2.54. The van der Waals surface area contributed by atoms with Gasteiger partial charge >= 0.3 is 0 Å². The van der Waals surface area contributed by atoms with Crippen molar-refractivity contribution in [1.29, 1.82) is 0 Å². The molecule has 0 aliphatic carbocycles. The first-order chi connectivity index (χ1) is 12.9. The molecule has 26 heavy (non-hydrogen) atoms. The summed E-state index contributed by atoms with van der Waals surface area (Å²) in [5, 5.41) is 2.88. The second kappa shape index (κ2) is 5.86. The molecule has 0 spiro atoms. The Hall–Kier alpha value is -1.78. The molecule has 2 saturated heterocycles. The van der Waals surface area contributed by atoms with Crippen LogP contribution in [0.5, 0.6) is 0 Å². The van der Waals surface area contributed by atoms with Crippen LogP contribution in [-0.2, 0) is 0 Å². The van der Waals surface area contributed by atoms with Gasteiger partial charge < -0.3 is 9.80 Å². The lowest BCUT2D eigenvalue weighted by atomic mass is 10.2. The fraction of sp³-hybridized carbons (Fsp3) is 0.364. The van der Waals surface area contributed by atoms with E-state index in [1.54, 1.807) is 0 Å². The van der Waals surface area contributed by atoms with Gasteiger partial charge in [0.2, 0.25) is 0 Å². The van der Waals surface area contributed by atoms with E-state index in [0.717, 1.165) is 0 Å². The Morgan fingerprint density at radius 2 is 1.00 bits per heavy atom. The topological polar surface area (TPSA) is 6.48 Å². The molecular weight excluding hydrogens is 356 g/mol. The minimum Gasteiger partial charge on any atom is -0.371 e. The van der Waals surface area contributed by atoms with E-state index >= 15 is 0 Å². The van der Waals surface area contributed by atoms with Gasteiger partial charge in [-0.05, 0) is 49.9 Å². The molecule has 0 radical (unpaired) electrons. The average molecular weight is 379 g/mol. The van der Waals surface area contributed by atoms with Gasteiger partial charge in [0, 0.05) is 57.7 Å². The van der Waals surface area contributed by atoms with Gasteiger partial charge in [0.25, 0.3) is 0 Å². The van der Waals surface area contributed by atoms with Gasteiger partial charge in [-0.3, -0.25) is 0 Å². The summed E-state index contributed by atoms with van der Waals surface area (Å²) >= 11 is 3.96. The molecule has 2 aliphatic heterocycles. The lowest BCUT2D eigenvalue weighted by molar-refractivity contribution is 0.949. The summed E-state index contributed by atoms with van der Waals surface area (Å²) < 4.78 is 5.85. The highest BCUT2D eigenvalue weighted by Crippen LogP contribution is 2.46. The number of hydrogen-bond acceptors (Lipinski definition) is 4. The van der Waals surface area contributed by atoms with E-state index < -0.39 is 0 Å². The van der Waals surface area contributed by atoms with Crippen molar-refractivity contribution in [3.63, 3.8) is 0 Å². The van der Waals surface area contributed by atoms with E-state index in [0.29, 0.717) is 0 Å². The number of fused-ring (bicyclic) bond motifs is 5. The maximum Gasteiger partial charge on any atom is 0.0542 e. The van der Waals surface area contributed by atoms with Gasteiger partial charge in [0.05, 0.1) is 9.40 Å². The van der Waals surface area contributed by atoms with Crippen molar-refractivity contribution in [2.45, 2.75) is 25.7 Å². The largest absolute Gasteiger partial charge is 0.371 e. The van der Waals surface area contributed by atoms with Crippen molar-refractivity contribution in [2.24, 2.45) is 0 Å². The minimum absolute atomic E-state index is 1.22. The van der Waals surface area contributed by atoms with Crippen LogP contribution >= 0.6 is 22.7 Å². The summed E-state index contributed by atoms with van der Waals surface area (Å²) in [6, 6.07) is 14.2. The quantitative estimate of drug-likeness (QED) is 0.394. The lowest BCUT2D eigenvalue weighted by Gasteiger charge is -2.17. The summed E-state index contributed by atoms with van der Waals surface area (Å²) in [5.41, 5.74) is 2.81. The molecule has 0 atom stereocenters. The molecular formula is C22H22N2S2. The Morgan fingerprint density at radius 3 is 1.42 bits per heavy atom. The van der Waals surface area contributed by atoms with E-state index in [2.05, 4.69) is 46.2 Å². The zero-order valence-corrected chi connectivity index (χ0v) is 16.5. The lowest BCUT2D eigenvalue weighted by Crippen LogP contribution is -2.17. The van der Waals surface area contributed by atoms with Crippen LogP contribution in [0.1, 0.15) is 25.7 Å². The molecule has 132 valence electrons. The van der Waals surface area contributed by atoms with Crippen LogP contribution < -0.4 is 9.80 Å². The summed E-state index contributed by atoms with van der Waals surface area (Å²) in [4.78, 5) is 5.07. The second-order valence-corrected chi connectivity index (χ2v) is 9.72. The van der Waals surface area contributed by atoms with Crippen LogP contribution in [0, 0.1) is 0 Å². The molecule has 0 saturated carbocycles. The highest BCUT2D eigenvalue weighted by Gasteiger charge is 2.18. The smallest absolute Gasteiger partial charge is 0.0542 e. The third kappa shape index (κ3) is 2.28. The van der Waals surface area contributed by atoms with Gasteiger partial charge in [-0.1, -0.05) is 12.1 Å². The Balaban J connectivity index is 1.48. The summed E-state index contributed by atoms with van der Waals surface area (Å²) in [6.07, 6.45) is 5.34. The first kappa shape index (κ1) is 15.3. The number of nitrogens with zero attached hydrogens (tertiary/aromatic N) is 2. The monoisotopic (exact) mass is 378 g/mol. The maximum absolute atomic E-state index is 2.54. The van der Waals surface area contributed by atoms with Crippen molar-refractivity contribution in [1.82, 2.24) is 0 Å². The van der Waals surface area contributed by atoms with Crippen LogP contribution in [0.2, 0.25) is 0 Å². The van der Waals surface area contributed by atoms with Crippen LogP contribution in [0.25, 0.3) is 29.6 Å². The van der Waals surface area contributed by atoms with Crippen LogP contribution in [-0.4, -0.2) is 26.2 Å². The zero-order chi connectivity index (χ0) is 17.1. The van der Waals surface area contributed by atoms with Gasteiger partial charge in [-0.25, -0.2) is 0 Å². The molecule has 0 amide bonds. The zero-order valence-electron chi connectivity index (χ0n) is 14.8. The summed E-state index contributed by atoms with van der Waals surface area (Å²) in [7, 11) is 0. The third-order valence-corrected chi connectivity index (χ3v) is 8.49. The first-order valence-corrected chi connectivity index (χ1v) is 11.4. The second-order valence-electron chi connectivity index (χ2n) is 7.61. The van der Waals surface area contributed by atoms with Gasteiger partial charge in [-0.2, -0.15) is 0 Å². The summed E-state index contributed by atoms with van der Waals surface area (Å²) in [5.74, 6) is 0. The molecule has 0 unspecified atom stereocenters. The molecule has 0 N–H and O–H groups in total. The van der Waals surface area contributed by atoms with Crippen molar-refractivity contribution in [3.8, 4) is 0 Å². The third-order valence-electron chi connectivity index (χ3n) is 5.99. The van der Waals surface area contributed by atoms with Gasteiger partial charge in [0.1, 0.15) is 0 Å². The molecule has 2 aromatic carbocycles. The standard InChI is InChI=1S/C22H22N2S2/c1-2-10-23(9-1)15-5-7-17-19(13-15)25-22-18-8-6-16(24-11-3-4-12-24)14-20(18)26-21(17)22/h5-8,13-14H,1-4,9-12H2. The number of rotatable bonds is 2. The normalized spacial score (nSPS) is 18.2. The first-order valence-electron chi connectivity index (χ1n) is 9.75. The molecule has 2 aliphatic rings. The average Bonchev–Trinajstić information content (AvgIpc) is 3.43. The number of hydrogen-bond donors (Lipinski definition) is 0. The fourth-order valence-corrected chi connectivity index (χ4v) is 7.30. The molecule has 4 heterocycles. The molecule has 2 nitrogen and oxygen atoms in total. The van der Waals surface area contributed by atoms with Crippen molar-refractivity contribution in [2.75, 3.05) is 36.0 Å². The fourth-order valence-electron chi connectivity index (χ4n) is 4.58. The Morgan fingerprint density at radius 1 is 0.577 bits per heavy atom. The Kier molecular flexibility index (Phi) is 3.45. The Bertz CT molecular complexity index is 1020. The van der Waals surface area contributed by atoms with E-state index in [4.69, 9.17) is 0 Å². The van der Waals surface area contributed by atoms with Crippen LogP contribution in [0.3, 0.4) is 0 Å². The molecule has 0 bridgehead atoms.